The monoisotopic (exact) mass is 190 g/mol. The van der Waals surface area contributed by atoms with Gasteiger partial charge in [0.2, 0.25) is 0 Å². The van der Waals surface area contributed by atoms with Crippen molar-refractivity contribution < 1.29 is 24.6 Å². The van der Waals surface area contributed by atoms with E-state index in [4.69, 9.17) is 19.8 Å². The zero-order valence-corrected chi connectivity index (χ0v) is 7.31. The molecule has 0 amide bonds. The van der Waals surface area contributed by atoms with E-state index in [9.17, 15) is 4.79 Å². The van der Waals surface area contributed by atoms with Crippen molar-refractivity contribution >= 4 is 18.7 Å². The van der Waals surface area contributed by atoms with E-state index < -0.39 is 0 Å². The number of carboxylic acid groups (broad SMARTS) is 2. The summed E-state index contributed by atoms with van der Waals surface area (Å²) in [7, 11) is 0. The van der Waals surface area contributed by atoms with Gasteiger partial charge in [-0.3, -0.25) is 14.4 Å². The van der Waals surface area contributed by atoms with Crippen molar-refractivity contribution in [1.82, 2.24) is 0 Å². The molecule has 0 aromatic rings. The van der Waals surface area contributed by atoms with Gasteiger partial charge < -0.3 is 10.2 Å². The number of hydrogen-bond donors (Lipinski definition) is 2. The minimum Gasteiger partial charge on any atom is -0.483 e. The molecule has 0 radical (unpaired) electrons. The van der Waals surface area contributed by atoms with Gasteiger partial charge in [-0.15, -0.1) is 0 Å². The van der Waals surface area contributed by atoms with Crippen LogP contribution in [-0.2, 0) is 14.4 Å². The van der Waals surface area contributed by atoms with Crippen molar-refractivity contribution in [2.24, 2.45) is 0 Å². The maximum absolute atomic E-state index is 10.5. The van der Waals surface area contributed by atoms with Crippen LogP contribution in [-0.4, -0.2) is 28.9 Å². The molecule has 1 saturated carbocycles. The van der Waals surface area contributed by atoms with Crippen LogP contribution in [0.4, 0.5) is 0 Å². The minimum atomic E-state index is -0.250. The van der Waals surface area contributed by atoms with E-state index in [0.717, 1.165) is 25.7 Å². The maximum atomic E-state index is 10.5. The van der Waals surface area contributed by atoms with Crippen molar-refractivity contribution in [3.63, 3.8) is 0 Å². The van der Waals surface area contributed by atoms with Gasteiger partial charge in [0.1, 0.15) is 5.78 Å². The van der Waals surface area contributed by atoms with Crippen molar-refractivity contribution in [3.05, 3.63) is 0 Å². The lowest BCUT2D eigenvalue weighted by Crippen LogP contribution is -2.02. The van der Waals surface area contributed by atoms with Crippen LogP contribution in [0.5, 0.6) is 0 Å². The van der Waals surface area contributed by atoms with Gasteiger partial charge in [-0.25, -0.2) is 0 Å². The van der Waals surface area contributed by atoms with E-state index in [1.54, 1.807) is 0 Å². The Hall–Kier alpha value is -1.39. The fourth-order valence-electron chi connectivity index (χ4n) is 0.946. The van der Waals surface area contributed by atoms with Crippen LogP contribution in [0.1, 0.15) is 32.1 Å². The molecular formula is C8H14O5. The number of hydrogen-bond acceptors (Lipinski definition) is 3. The molecule has 2 N–H and O–H groups in total. The first-order valence-corrected chi connectivity index (χ1v) is 3.90. The Balaban J connectivity index is 0. The van der Waals surface area contributed by atoms with Gasteiger partial charge in [0.15, 0.2) is 0 Å². The summed E-state index contributed by atoms with van der Waals surface area (Å²) in [5.41, 5.74) is 0. The molecule has 1 fully saturated rings. The van der Waals surface area contributed by atoms with Gasteiger partial charge in [-0.1, -0.05) is 6.42 Å². The van der Waals surface area contributed by atoms with E-state index in [2.05, 4.69) is 0 Å². The van der Waals surface area contributed by atoms with Crippen molar-refractivity contribution in [2.45, 2.75) is 32.1 Å². The van der Waals surface area contributed by atoms with Gasteiger partial charge in [0.05, 0.1) is 0 Å². The molecule has 0 heterocycles. The van der Waals surface area contributed by atoms with Crippen LogP contribution in [0.2, 0.25) is 0 Å². The van der Waals surface area contributed by atoms with Crippen LogP contribution >= 0.6 is 0 Å². The first-order chi connectivity index (χ1) is 6.22. The van der Waals surface area contributed by atoms with Crippen LogP contribution in [0, 0.1) is 0 Å². The summed E-state index contributed by atoms with van der Waals surface area (Å²) in [5, 5.41) is 13.8. The summed E-state index contributed by atoms with van der Waals surface area (Å²) in [6.07, 6.45) is 5.24. The summed E-state index contributed by atoms with van der Waals surface area (Å²) >= 11 is 0. The largest absolute Gasteiger partial charge is 0.483 e. The zero-order chi connectivity index (χ0) is 10.5. The molecule has 0 spiro atoms. The van der Waals surface area contributed by atoms with Crippen molar-refractivity contribution in [1.29, 1.82) is 0 Å². The van der Waals surface area contributed by atoms with Gasteiger partial charge in [0.25, 0.3) is 12.9 Å². The van der Waals surface area contributed by atoms with Crippen molar-refractivity contribution in [3.8, 4) is 0 Å². The standard InChI is InChI=1S/C6H10O.2CH2O2/c7-6-4-2-1-3-5-6;2*2-1-3/h1-5H2;2*1H,(H,2,3). The first kappa shape index (κ1) is 14.2. The van der Waals surface area contributed by atoms with Gasteiger partial charge in [0, 0.05) is 12.8 Å². The highest BCUT2D eigenvalue weighted by atomic mass is 16.3. The lowest BCUT2D eigenvalue weighted by atomic mass is 10.00. The Kier molecular flexibility index (Phi) is 14.4. The lowest BCUT2D eigenvalue weighted by Gasteiger charge is -2.05. The molecule has 5 heteroatoms. The van der Waals surface area contributed by atoms with Gasteiger partial charge in [-0.2, -0.15) is 0 Å². The molecule has 0 unspecified atom stereocenters. The molecule has 0 atom stereocenters. The second-order valence-electron chi connectivity index (χ2n) is 2.31. The van der Waals surface area contributed by atoms with Crippen LogP contribution in [0.15, 0.2) is 0 Å². The summed E-state index contributed by atoms with van der Waals surface area (Å²) in [5.74, 6) is 0.464. The fraction of sp³-hybridized carbons (Fsp3) is 0.625. The Morgan fingerprint density at radius 2 is 1.23 bits per heavy atom. The third kappa shape index (κ3) is 18.0. The predicted molar refractivity (Wildman–Crippen MR) is 45.5 cm³/mol. The SMILES string of the molecule is O=C1CCCCC1.O=CO.O=CO. The van der Waals surface area contributed by atoms with Gasteiger partial charge in [-0.05, 0) is 12.8 Å². The number of carbonyl (C=O) groups excluding carboxylic acids is 1. The molecule has 13 heavy (non-hydrogen) atoms. The molecule has 76 valence electrons. The molecule has 1 aliphatic rings. The highest BCUT2D eigenvalue weighted by molar-refractivity contribution is 5.78. The quantitative estimate of drug-likeness (QED) is 0.554. The molecule has 5 nitrogen and oxygen atoms in total. The normalized spacial score (nSPS) is 14.0. The van der Waals surface area contributed by atoms with E-state index >= 15 is 0 Å². The average Bonchev–Trinajstić information content (AvgIpc) is 2.08. The summed E-state index contributed by atoms with van der Waals surface area (Å²) in [6, 6.07) is 0. The number of carbonyl (C=O) groups is 3. The van der Waals surface area contributed by atoms with Gasteiger partial charge >= 0.3 is 0 Å². The van der Waals surface area contributed by atoms with E-state index in [-0.39, 0.29) is 12.9 Å². The lowest BCUT2D eigenvalue weighted by molar-refractivity contribution is -0.123. The Labute approximate surface area is 76.4 Å². The van der Waals surface area contributed by atoms with Crippen molar-refractivity contribution in [2.75, 3.05) is 0 Å². The molecule has 0 aromatic heterocycles. The fourth-order valence-corrected chi connectivity index (χ4v) is 0.946. The smallest absolute Gasteiger partial charge is 0.290 e. The molecule has 0 aliphatic heterocycles. The highest BCUT2D eigenvalue weighted by Gasteiger charge is 2.05. The molecule has 0 bridgehead atoms. The average molecular weight is 190 g/mol. The van der Waals surface area contributed by atoms with Crippen LogP contribution in [0.3, 0.4) is 0 Å². The van der Waals surface area contributed by atoms with E-state index in [0.29, 0.717) is 5.78 Å². The first-order valence-electron chi connectivity index (χ1n) is 3.90. The number of rotatable bonds is 0. The Morgan fingerprint density at radius 3 is 1.38 bits per heavy atom. The minimum absolute atomic E-state index is 0.250. The summed E-state index contributed by atoms with van der Waals surface area (Å²) < 4.78 is 0. The molecular weight excluding hydrogens is 176 g/mol. The van der Waals surface area contributed by atoms with Crippen LogP contribution < -0.4 is 0 Å². The van der Waals surface area contributed by atoms with E-state index in [1.807, 2.05) is 0 Å². The second kappa shape index (κ2) is 13.2. The zero-order valence-electron chi connectivity index (χ0n) is 7.31. The maximum Gasteiger partial charge on any atom is 0.290 e. The summed E-state index contributed by atoms with van der Waals surface area (Å²) in [4.78, 5) is 27.2. The Bertz CT molecular complexity index is 129. The van der Waals surface area contributed by atoms with E-state index in [1.165, 1.54) is 6.42 Å². The number of ketones is 1. The highest BCUT2D eigenvalue weighted by Crippen LogP contribution is 2.12. The molecule has 1 aliphatic carbocycles. The van der Waals surface area contributed by atoms with Crippen LogP contribution in [0.25, 0.3) is 0 Å². The number of Topliss-reactive ketones (excluding diaryl/α,β-unsaturated/α-hetero) is 1. The topological polar surface area (TPSA) is 91.7 Å². The third-order valence-corrected chi connectivity index (χ3v) is 1.41. The molecule has 0 aromatic carbocycles. The summed E-state index contributed by atoms with van der Waals surface area (Å²) in [6.45, 7) is -0.500. The Morgan fingerprint density at radius 1 is 0.923 bits per heavy atom. The third-order valence-electron chi connectivity index (χ3n) is 1.41. The predicted octanol–water partition coefficient (Wildman–Crippen LogP) is 0.921. The molecule has 0 saturated heterocycles. The second-order valence-corrected chi connectivity index (χ2v) is 2.31. The molecule has 1 rings (SSSR count).